The number of benzene rings is 1. The first-order chi connectivity index (χ1) is 9.99. The van der Waals surface area contributed by atoms with E-state index in [1.165, 1.54) is 7.11 Å². The van der Waals surface area contributed by atoms with Gasteiger partial charge in [-0.3, -0.25) is 0 Å². The average molecular weight is 292 g/mol. The second kappa shape index (κ2) is 8.15. The zero-order valence-electron chi connectivity index (χ0n) is 13.6. The average Bonchev–Trinajstić information content (AvgIpc) is 2.53. The zero-order chi connectivity index (χ0) is 15.9. The molecule has 1 unspecified atom stereocenters. The molecule has 1 aromatic carbocycles. The molecule has 4 heteroatoms. The Labute approximate surface area is 128 Å². The van der Waals surface area contributed by atoms with Gasteiger partial charge in [-0.15, -0.1) is 0 Å². The molecule has 0 aliphatic heterocycles. The van der Waals surface area contributed by atoms with Crippen LogP contribution in [0.3, 0.4) is 0 Å². The summed E-state index contributed by atoms with van der Waals surface area (Å²) in [5, 5.41) is 0. The van der Waals surface area contributed by atoms with E-state index in [1.807, 2.05) is 30.3 Å². The van der Waals surface area contributed by atoms with Crippen LogP contribution in [0.4, 0.5) is 0 Å². The molecule has 4 nitrogen and oxygen atoms in total. The molecule has 21 heavy (non-hydrogen) atoms. The van der Waals surface area contributed by atoms with E-state index in [0.29, 0.717) is 12.5 Å². The number of nitrogens with zero attached hydrogens (tertiary/aromatic N) is 1. The molecule has 0 spiro atoms. The normalized spacial score (nSPS) is 14.2. The molecule has 0 fully saturated rings. The van der Waals surface area contributed by atoms with Crippen LogP contribution in [0.1, 0.15) is 38.7 Å². The van der Waals surface area contributed by atoms with Crippen LogP contribution in [-0.4, -0.2) is 37.6 Å². The van der Waals surface area contributed by atoms with Gasteiger partial charge in [0.2, 0.25) is 0 Å². The maximum Gasteiger partial charge on any atom is 0.330 e. The number of methoxy groups -OCH3 is 1. The number of rotatable bonds is 8. The fraction of sp³-hybridized carbons (Fsp3) is 0.588. The van der Waals surface area contributed by atoms with Gasteiger partial charge in [0.05, 0.1) is 7.11 Å². The number of carbonyl (C=O) groups is 1. The van der Waals surface area contributed by atoms with Gasteiger partial charge in [-0.2, -0.15) is 0 Å². The highest BCUT2D eigenvalue weighted by atomic mass is 16.5. The summed E-state index contributed by atoms with van der Waals surface area (Å²) in [6.07, 6.45) is 2.72. The summed E-state index contributed by atoms with van der Waals surface area (Å²) in [6.45, 7) is 5.11. The Balaban J connectivity index is 2.88. The van der Waals surface area contributed by atoms with Crippen LogP contribution in [0.2, 0.25) is 0 Å². The van der Waals surface area contributed by atoms with Crippen molar-refractivity contribution in [2.45, 2.75) is 44.7 Å². The van der Waals surface area contributed by atoms with Gasteiger partial charge in [0.1, 0.15) is 5.54 Å². The molecule has 0 saturated heterocycles. The molecule has 0 aliphatic rings. The van der Waals surface area contributed by atoms with Crippen molar-refractivity contribution in [2.75, 3.05) is 20.7 Å². The Kier molecular flexibility index (Phi) is 6.85. The van der Waals surface area contributed by atoms with E-state index < -0.39 is 5.54 Å². The fourth-order valence-corrected chi connectivity index (χ4v) is 2.73. The minimum Gasteiger partial charge on any atom is -0.467 e. The molecule has 1 rings (SSSR count). The molecule has 1 aromatic rings. The van der Waals surface area contributed by atoms with E-state index in [4.69, 9.17) is 10.5 Å². The predicted octanol–water partition coefficient (Wildman–Crippen LogP) is 2.52. The maximum absolute atomic E-state index is 12.2. The highest BCUT2D eigenvalue weighted by Crippen LogP contribution is 2.24. The van der Waals surface area contributed by atoms with Gasteiger partial charge in [-0.25, -0.2) is 4.79 Å². The molecular weight excluding hydrogens is 264 g/mol. The van der Waals surface area contributed by atoms with E-state index in [-0.39, 0.29) is 5.97 Å². The number of hydrogen-bond acceptors (Lipinski definition) is 4. The van der Waals surface area contributed by atoms with Crippen LogP contribution < -0.4 is 5.73 Å². The van der Waals surface area contributed by atoms with E-state index in [9.17, 15) is 4.79 Å². The van der Waals surface area contributed by atoms with Gasteiger partial charge in [0, 0.05) is 12.6 Å². The molecule has 0 aliphatic carbocycles. The Morgan fingerprint density at radius 2 is 1.86 bits per heavy atom. The van der Waals surface area contributed by atoms with Gasteiger partial charge in [0.25, 0.3) is 0 Å². The van der Waals surface area contributed by atoms with Crippen LogP contribution in [-0.2, 0) is 15.1 Å². The second-order valence-corrected chi connectivity index (χ2v) is 5.53. The van der Waals surface area contributed by atoms with E-state index in [0.717, 1.165) is 24.9 Å². The summed E-state index contributed by atoms with van der Waals surface area (Å²) in [6, 6.07) is 9.98. The molecular formula is C17H28N2O2. The van der Waals surface area contributed by atoms with Crippen molar-refractivity contribution in [1.29, 1.82) is 0 Å². The van der Waals surface area contributed by atoms with Crippen LogP contribution in [0.25, 0.3) is 0 Å². The Hall–Kier alpha value is -1.39. The van der Waals surface area contributed by atoms with Crippen molar-refractivity contribution < 1.29 is 9.53 Å². The van der Waals surface area contributed by atoms with Crippen LogP contribution in [0, 0.1) is 0 Å². The zero-order valence-corrected chi connectivity index (χ0v) is 13.6. The van der Waals surface area contributed by atoms with E-state index in [1.54, 1.807) is 0 Å². The monoisotopic (exact) mass is 292 g/mol. The Bertz CT molecular complexity index is 432. The number of ether oxygens (including phenoxy) is 1. The molecule has 1 atom stereocenters. The largest absolute Gasteiger partial charge is 0.467 e. The third-order valence-corrected chi connectivity index (χ3v) is 4.26. The lowest BCUT2D eigenvalue weighted by Gasteiger charge is -2.32. The summed E-state index contributed by atoms with van der Waals surface area (Å²) in [7, 11) is 3.47. The van der Waals surface area contributed by atoms with Gasteiger partial charge < -0.3 is 15.4 Å². The van der Waals surface area contributed by atoms with Gasteiger partial charge in [0.15, 0.2) is 0 Å². The van der Waals surface area contributed by atoms with E-state index in [2.05, 4.69) is 25.8 Å². The highest BCUT2D eigenvalue weighted by Gasteiger charge is 2.37. The third-order valence-electron chi connectivity index (χ3n) is 4.26. The number of nitrogens with two attached hydrogens (primary N) is 1. The minimum absolute atomic E-state index is 0.383. The van der Waals surface area contributed by atoms with Crippen molar-refractivity contribution in [3.05, 3.63) is 35.9 Å². The SMILES string of the molecule is CCC(CC)N(C)CCC(N)(C(=O)OC)c1ccccc1. The van der Waals surface area contributed by atoms with Gasteiger partial charge >= 0.3 is 5.97 Å². The molecule has 118 valence electrons. The van der Waals surface area contributed by atoms with E-state index >= 15 is 0 Å². The lowest BCUT2D eigenvalue weighted by atomic mass is 9.87. The molecule has 0 radical (unpaired) electrons. The van der Waals surface area contributed by atoms with Crippen molar-refractivity contribution in [3.63, 3.8) is 0 Å². The summed E-state index contributed by atoms with van der Waals surface area (Å²) in [5.74, 6) is -0.383. The van der Waals surface area contributed by atoms with Gasteiger partial charge in [-0.05, 0) is 31.9 Å². The van der Waals surface area contributed by atoms with Crippen LogP contribution >= 0.6 is 0 Å². The third kappa shape index (κ3) is 4.29. The standard InChI is InChI=1S/C17H28N2O2/c1-5-15(6-2)19(3)13-12-17(18,16(20)21-4)14-10-8-7-9-11-14/h7-11,15H,5-6,12-13,18H2,1-4H3. The van der Waals surface area contributed by atoms with Crippen molar-refractivity contribution in [2.24, 2.45) is 5.73 Å². The molecule has 0 amide bonds. The lowest BCUT2D eigenvalue weighted by molar-refractivity contribution is -0.148. The Morgan fingerprint density at radius 1 is 1.29 bits per heavy atom. The molecule has 2 N–H and O–H groups in total. The Morgan fingerprint density at radius 3 is 2.33 bits per heavy atom. The smallest absolute Gasteiger partial charge is 0.330 e. The summed E-state index contributed by atoms with van der Waals surface area (Å²) in [4.78, 5) is 14.5. The van der Waals surface area contributed by atoms with Crippen LogP contribution in [0.5, 0.6) is 0 Å². The molecule has 0 bridgehead atoms. The van der Waals surface area contributed by atoms with Crippen molar-refractivity contribution >= 4 is 5.97 Å². The molecule has 0 heterocycles. The minimum atomic E-state index is -1.09. The predicted molar refractivity (Wildman–Crippen MR) is 85.9 cm³/mol. The molecule has 0 saturated carbocycles. The lowest BCUT2D eigenvalue weighted by Crippen LogP contribution is -2.48. The quantitative estimate of drug-likeness (QED) is 0.748. The second-order valence-electron chi connectivity index (χ2n) is 5.53. The maximum atomic E-state index is 12.2. The number of carbonyl (C=O) groups excluding carboxylic acids is 1. The first-order valence-corrected chi connectivity index (χ1v) is 7.62. The topological polar surface area (TPSA) is 55.6 Å². The highest BCUT2D eigenvalue weighted by molar-refractivity contribution is 5.82. The van der Waals surface area contributed by atoms with Gasteiger partial charge in [-0.1, -0.05) is 44.2 Å². The summed E-state index contributed by atoms with van der Waals surface area (Å²) >= 11 is 0. The fourth-order valence-electron chi connectivity index (χ4n) is 2.73. The van der Waals surface area contributed by atoms with Crippen molar-refractivity contribution in [1.82, 2.24) is 4.90 Å². The first-order valence-electron chi connectivity index (χ1n) is 7.62. The number of hydrogen-bond donors (Lipinski definition) is 1. The summed E-state index contributed by atoms with van der Waals surface area (Å²) < 4.78 is 4.93. The number of esters is 1. The van der Waals surface area contributed by atoms with Crippen LogP contribution in [0.15, 0.2) is 30.3 Å². The van der Waals surface area contributed by atoms with Crippen molar-refractivity contribution in [3.8, 4) is 0 Å². The summed E-state index contributed by atoms with van der Waals surface area (Å²) in [5.41, 5.74) is 6.12. The molecule has 0 aromatic heterocycles. The first kappa shape index (κ1) is 17.7.